The van der Waals surface area contributed by atoms with Gasteiger partial charge in [-0.1, -0.05) is 0 Å². The molecular weight excluding hydrogens is 266 g/mol. The number of anilines is 1. The molecule has 1 atom stereocenters. The van der Waals surface area contributed by atoms with Crippen molar-refractivity contribution in [1.29, 1.82) is 0 Å². The molecule has 0 amide bonds. The average Bonchev–Trinajstić information content (AvgIpc) is 2.84. The second kappa shape index (κ2) is 5.24. The zero-order valence-corrected chi connectivity index (χ0v) is 12.3. The molecule has 0 radical (unpaired) electrons. The van der Waals surface area contributed by atoms with Crippen molar-refractivity contribution >= 4 is 11.7 Å². The van der Waals surface area contributed by atoms with Crippen LogP contribution < -0.4 is 5.32 Å². The third-order valence-electron chi connectivity index (χ3n) is 4.18. The molecule has 110 valence electrons. The fourth-order valence-electron chi connectivity index (χ4n) is 3.00. The minimum Gasteiger partial charge on any atom is -0.478 e. The predicted molar refractivity (Wildman–Crippen MR) is 80.6 cm³/mol. The number of hydrogen-bond acceptors (Lipinski definition) is 3. The highest BCUT2D eigenvalue weighted by Gasteiger charge is 2.23. The minimum absolute atomic E-state index is 0.247. The van der Waals surface area contributed by atoms with E-state index in [9.17, 15) is 4.79 Å². The summed E-state index contributed by atoms with van der Waals surface area (Å²) in [6.07, 6.45) is 5.21. The number of carbonyl (C=O) groups is 1. The van der Waals surface area contributed by atoms with Crippen molar-refractivity contribution in [3.63, 3.8) is 0 Å². The first kappa shape index (κ1) is 13.7. The van der Waals surface area contributed by atoms with Gasteiger partial charge in [0.15, 0.2) is 0 Å². The van der Waals surface area contributed by atoms with Crippen LogP contribution in [-0.2, 0) is 13.5 Å². The fraction of sp³-hybridized carbons (Fsp3) is 0.375. The first-order valence-electron chi connectivity index (χ1n) is 7.17. The molecule has 0 saturated heterocycles. The number of hydrogen-bond donors (Lipinski definition) is 2. The van der Waals surface area contributed by atoms with E-state index < -0.39 is 5.97 Å². The molecule has 1 aliphatic rings. The van der Waals surface area contributed by atoms with Crippen molar-refractivity contribution < 1.29 is 9.90 Å². The number of nitrogens with zero attached hydrogens (tertiary/aromatic N) is 2. The molecule has 2 N–H and O–H groups in total. The summed E-state index contributed by atoms with van der Waals surface area (Å²) in [7, 11) is 1.98. The number of rotatable bonds is 3. The third-order valence-corrected chi connectivity index (χ3v) is 4.18. The topological polar surface area (TPSA) is 67.2 Å². The lowest BCUT2D eigenvalue weighted by molar-refractivity contribution is 0.0697. The molecule has 1 unspecified atom stereocenters. The molecule has 5 nitrogen and oxygen atoms in total. The molecule has 1 aromatic carbocycles. The molecule has 21 heavy (non-hydrogen) atoms. The number of aryl methyl sites for hydroxylation is 2. The van der Waals surface area contributed by atoms with Gasteiger partial charge in [0.05, 0.1) is 17.8 Å². The van der Waals surface area contributed by atoms with Crippen LogP contribution in [0.5, 0.6) is 0 Å². The van der Waals surface area contributed by atoms with Crippen LogP contribution in [0.25, 0.3) is 0 Å². The van der Waals surface area contributed by atoms with Gasteiger partial charge >= 0.3 is 5.97 Å². The Morgan fingerprint density at radius 1 is 1.48 bits per heavy atom. The third kappa shape index (κ3) is 2.51. The Morgan fingerprint density at radius 3 is 3.00 bits per heavy atom. The molecule has 1 aromatic heterocycles. The summed E-state index contributed by atoms with van der Waals surface area (Å²) < 4.78 is 1.95. The molecule has 1 heterocycles. The smallest absolute Gasteiger partial charge is 0.335 e. The van der Waals surface area contributed by atoms with Gasteiger partial charge in [-0.05, 0) is 49.9 Å². The summed E-state index contributed by atoms with van der Waals surface area (Å²) >= 11 is 0. The van der Waals surface area contributed by atoms with Gasteiger partial charge in [-0.15, -0.1) is 0 Å². The van der Waals surface area contributed by atoms with Gasteiger partial charge in [0.1, 0.15) is 0 Å². The second-order valence-electron chi connectivity index (χ2n) is 5.59. The maximum Gasteiger partial charge on any atom is 0.335 e. The van der Waals surface area contributed by atoms with Crippen molar-refractivity contribution in [3.8, 4) is 0 Å². The van der Waals surface area contributed by atoms with Crippen LogP contribution >= 0.6 is 0 Å². The molecule has 0 aliphatic heterocycles. The Hall–Kier alpha value is -2.30. The van der Waals surface area contributed by atoms with E-state index in [1.165, 1.54) is 11.3 Å². The van der Waals surface area contributed by atoms with E-state index in [0.717, 1.165) is 30.5 Å². The van der Waals surface area contributed by atoms with E-state index in [2.05, 4.69) is 10.4 Å². The van der Waals surface area contributed by atoms with Gasteiger partial charge in [0.25, 0.3) is 0 Å². The van der Waals surface area contributed by atoms with E-state index in [1.54, 1.807) is 12.1 Å². The molecular formula is C16H19N3O2. The zero-order chi connectivity index (χ0) is 15.0. The maximum absolute atomic E-state index is 11.0. The monoisotopic (exact) mass is 285 g/mol. The second-order valence-corrected chi connectivity index (χ2v) is 5.59. The lowest BCUT2D eigenvalue weighted by atomic mass is 9.92. The van der Waals surface area contributed by atoms with Crippen LogP contribution in [0.1, 0.15) is 46.1 Å². The van der Waals surface area contributed by atoms with E-state index in [1.807, 2.05) is 30.9 Å². The predicted octanol–water partition coefficient (Wildman–Crippen LogP) is 2.92. The van der Waals surface area contributed by atoms with E-state index in [4.69, 9.17) is 5.11 Å². The van der Waals surface area contributed by atoms with Crippen molar-refractivity contribution in [1.82, 2.24) is 9.78 Å². The lowest BCUT2D eigenvalue weighted by Gasteiger charge is -2.25. The number of carboxylic acid groups (broad SMARTS) is 1. The van der Waals surface area contributed by atoms with Crippen molar-refractivity contribution in [3.05, 3.63) is 46.8 Å². The Labute approximate surface area is 123 Å². The van der Waals surface area contributed by atoms with Crippen LogP contribution in [-0.4, -0.2) is 20.9 Å². The molecule has 0 spiro atoms. The maximum atomic E-state index is 11.0. The number of nitrogens with one attached hydrogen (secondary N) is 1. The van der Waals surface area contributed by atoms with Crippen molar-refractivity contribution in [2.45, 2.75) is 32.2 Å². The van der Waals surface area contributed by atoms with Crippen molar-refractivity contribution in [2.75, 3.05) is 5.32 Å². The summed E-state index contributed by atoms with van der Waals surface area (Å²) in [5, 5.41) is 16.9. The van der Waals surface area contributed by atoms with Gasteiger partial charge in [-0.2, -0.15) is 5.10 Å². The largest absolute Gasteiger partial charge is 0.478 e. The lowest BCUT2D eigenvalue weighted by Crippen LogP contribution is -2.18. The Kier molecular flexibility index (Phi) is 3.41. The number of aromatic carboxylic acids is 1. The first-order valence-corrected chi connectivity index (χ1v) is 7.17. The summed E-state index contributed by atoms with van der Waals surface area (Å²) in [6, 6.07) is 5.45. The van der Waals surface area contributed by atoms with E-state index >= 15 is 0 Å². The summed E-state index contributed by atoms with van der Waals surface area (Å²) in [5.41, 5.74) is 4.81. The fourth-order valence-corrected chi connectivity index (χ4v) is 3.00. The van der Waals surface area contributed by atoms with Crippen LogP contribution in [0.15, 0.2) is 24.4 Å². The molecule has 0 bridgehead atoms. The Morgan fingerprint density at radius 2 is 2.29 bits per heavy atom. The normalized spacial score (nSPS) is 17.3. The standard InChI is InChI=1S/C16H19N3O2/c1-10-8-11(16(20)21)6-7-13(10)18-14-4-3-5-15-12(14)9-17-19(15)2/h6-9,14,18H,3-5H2,1-2H3,(H,20,21). The Balaban J connectivity index is 1.86. The van der Waals surface area contributed by atoms with Gasteiger partial charge in [-0.25, -0.2) is 4.79 Å². The summed E-state index contributed by atoms with van der Waals surface area (Å²) in [5.74, 6) is -0.892. The van der Waals surface area contributed by atoms with Gasteiger partial charge in [0, 0.05) is 24.0 Å². The summed E-state index contributed by atoms with van der Waals surface area (Å²) in [4.78, 5) is 11.0. The van der Waals surface area contributed by atoms with Gasteiger partial charge < -0.3 is 10.4 Å². The average molecular weight is 285 g/mol. The zero-order valence-electron chi connectivity index (χ0n) is 12.3. The highest BCUT2D eigenvalue weighted by molar-refractivity contribution is 5.88. The molecule has 2 aromatic rings. The highest BCUT2D eigenvalue weighted by atomic mass is 16.4. The molecule has 5 heteroatoms. The van der Waals surface area contributed by atoms with Crippen LogP contribution in [0.4, 0.5) is 5.69 Å². The molecule has 3 rings (SSSR count). The molecule has 1 aliphatic carbocycles. The van der Waals surface area contributed by atoms with E-state index in [-0.39, 0.29) is 6.04 Å². The first-order chi connectivity index (χ1) is 10.1. The number of aromatic nitrogens is 2. The summed E-state index contributed by atoms with van der Waals surface area (Å²) in [6.45, 7) is 1.93. The van der Waals surface area contributed by atoms with Crippen LogP contribution in [0.2, 0.25) is 0 Å². The highest BCUT2D eigenvalue weighted by Crippen LogP contribution is 2.33. The SMILES string of the molecule is Cc1cc(C(=O)O)ccc1NC1CCCc2c1cnn2C. The molecule has 0 saturated carbocycles. The van der Waals surface area contributed by atoms with E-state index in [0.29, 0.717) is 5.56 Å². The number of carboxylic acids is 1. The van der Waals surface area contributed by atoms with Crippen molar-refractivity contribution in [2.24, 2.45) is 7.05 Å². The number of benzene rings is 1. The van der Waals surface area contributed by atoms with Gasteiger partial charge in [-0.3, -0.25) is 4.68 Å². The quantitative estimate of drug-likeness (QED) is 0.910. The minimum atomic E-state index is -0.892. The molecule has 0 fully saturated rings. The number of fused-ring (bicyclic) bond motifs is 1. The van der Waals surface area contributed by atoms with Crippen LogP contribution in [0, 0.1) is 6.92 Å². The van der Waals surface area contributed by atoms with Crippen LogP contribution in [0.3, 0.4) is 0 Å². The van der Waals surface area contributed by atoms with Gasteiger partial charge in [0.2, 0.25) is 0 Å². The Bertz CT molecular complexity index is 691.